The normalized spacial score (nSPS) is 19.6. The van der Waals surface area contributed by atoms with Gasteiger partial charge in [-0.1, -0.05) is 6.07 Å². The van der Waals surface area contributed by atoms with Crippen LogP contribution in [-0.2, 0) is 4.79 Å². The van der Waals surface area contributed by atoms with Crippen LogP contribution in [0, 0.1) is 17.0 Å². The van der Waals surface area contributed by atoms with Crippen molar-refractivity contribution >= 4 is 17.7 Å². The van der Waals surface area contributed by atoms with Crippen LogP contribution in [-0.4, -0.2) is 23.8 Å². The van der Waals surface area contributed by atoms with Crippen molar-refractivity contribution in [3.63, 3.8) is 0 Å². The summed E-state index contributed by atoms with van der Waals surface area (Å²) in [7, 11) is 0. The van der Waals surface area contributed by atoms with Gasteiger partial charge < -0.3 is 9.69 Å². The van der Waals surface area contributed by atoms with Gasteiger partial charge in [0, 0.05) is 23.9 Å². The second-order valence-electron chi connectivity index (χ2n) is 4.62. The molecule has 1 unspecified atom stereocenters. The quantitative estimate of drug-likeness (QED) is 0.468. The third-order valence-corrected chi connectivity index (χ3v) is 3.43. The van der Waals surface area contributed by atoms with E-state index in [1.165, 1.54) is 0 Å². The van der Waals surface area contributed by atoms with Crippen LogP contribution in [0.2, 0.25) is 0 Å². The van der Waals surface area contributed by atoms with Crippen LogP contribution in [0.4, 0.5) is 11.4 Å². The molecule has 0 spiro atoms. The summed E-state index contributed by atoms with van der Waals surface area (Å²) in [6, 6.07) is 5.01. The molecule has 0 radical (unpaired) electrons. The van der Waals surface area contributed by atoms with Gasteiger partial charge in [0.2, 0.25) is 0 Å². The molecule has 1 aliphatic heterocycles. The van der Waals surface area contributed by atoms with Gasteiger partial charge in [0.15, 0.2) is 0 Å². The van der Waals surface area contributed by atoms with Gasteiger partial charge in [0.25, 0.3) is 5.69 Å². The zero-order chi connectivity index (χ0) is 13.1. The monoisotopic (exact) mass is 248 g/mol. The van der Waals surface area contributed by atoms with E-state index in [0.717, 1.165) is 37.8 Å². The molecule has 5 nitrogen and oxygen atoms in total. The van der Waals surface area contributed by atoms with E-state index in [2.05, 4.69) is 0 Å². The number of rotatable bonds is 3. The molecule has 0 aromatic heterocycles. The number of anilines is 1. The van der Waals surface area contributed by atoms with Gasteiger partial charge in [-0.05, 0) is 32.3 Å². The maximum absolute atomic E-state index is 11.1. The Hall–Kier alpha value is -1.91. The van der Waals surface area contributed by atoms with Crippen LogP contribution in [0.5, 0.6) is 0 Å². The first-order chi connectivity index (χ1) is 8.63. The molecule has 0 bridgehead atoms. The lowest BCUT2D eigenvalue weighted by Gasteiger charge is -2.34. The van der Waals surface area contributed by atoms with E-state index in [9.17, 15) is 14.9 Å². The number of nitro benzene ring substituents is 1. The number of benzene rings is 1. The molecule has 1 heterocycles. The maximum atomic E-state index is 11.1. The zero-order valence-corrected chi connectivity index (χ0v) is 10.3. The maximum Gasteiger partial charge on any atom is 0.274 e. The Kier molecular flexibility index (Phi) is 3.60. The number of hydrogen-bond acceptors (Lipinski definition) is 4. The van der Waals surface area contributed by atoms with Crippen molar-refractivity contribution in [1.29, 1.82) is 0 Å². The highest BCUT2D eigenvalue weighted by Gasteiger charge is 2.23. The molecule has 96 valence electrons. The largest absolute Gasteiger partial charge is 0.362 e. The second kappa shape index (κ2) is 5.16. The molecular formula is C13H16N2O3. The van der Waals surface area contributed by atoms with E-state index in [-0.39, 0.29) is 16.7 Å². The molecule has 18 heavy (non-hydrogen) atoms. The van der Waals surface area contributed by atoms with E-state index < -0.39 is 0 Å². The average molecular weight is 248 g/mol. The van der Waals surface area contributed by atoms with Gasteiger partial charge in [-0.15, -0.1) is 0 Å². The van der Waals surface area contributed by atoms with Crippen LogP contribution in [0.1, 0.15) is 24.8 Å². The Morgan fingerprint density at radius 3 is 2.89 bits per heavy atom. The Bertz CT molecular complexity index is 473. The summed E-state index contributed by atoms with van der Waals surface area (Å²) < 4.78 is 0. The molecule has 1 aromatic carbocycles. The molecule has 2 rings (SSSR count). The Balaban J connectivity index is 2.34. The number of aryl methyl sites for hydroxylation is 1. The van der Waals surface area contributed by atoms with E-state index >= 15 is 0 Å². The third-order valence-electron chi connectivity index (χ3n) is 3.43. The lowest BCUT2D eigenvalue weighted by molar-refractivity contribution is -0.385. The van der Waals surface area contributed by atoms with Crippen molar-refractivity contribution in [2.45, 2.75) is 32.2 Å². The fraction of sp³-hybridized carbons (Fsp3) is 0.462. The fourth-order valence-corrected chi connectivity index (χ4v) is 2.39. The minimum Gasteiger partial charge on any atom is -0.362 e. The predicted octanol–water partition coefficient (Wildman–Crippen LogP) is 2.46. The van der Waals surface area contributed by atoms with Crippen LogP contribution in [0.3, 0.4) is 0 Å². The second-order valence-corrected chi connectivity index (χ2v) is 4.62. The number of nitrogens with zero attached hydrogens (tertiary/aromatic N) is 2. The van der Waals surface area contributed by atoms with Crippen molar-refractivity contribution < 1.29 is 9.72 Å². The number of nitro groups is 1. The number of carbonyl (C=O) groups excluding carboxylic acids is 1. The topological polar surface area (TPSA) is 63.5 Å². The fourth-order valence-electron chi connectivity index (χ4n) is 2.39. The van der Waals surface area contributed by atoms with Crippen molar-refractivity contribution in [3.05, 3.63) is 33.9 Å². The molecule has 1 atom stereocenters. The van der Waals surface area contributed by atoms with Gasteiger partial charge in [0.05, 0.1) is 11.0 Å². The summed E-state index contributed by atoms with van der Waals surface area (Å²) in [5.74, 6) is 0. The first kappa shape index (κ1) is 12.5. The molecule has 1 fully saturated rings. The van der Waals surface area contributed by atoms with Crippen LogP contribution >= 0.6 is 0 Å². The van der Waals surface area contributed by atoms with Crippen molar-refractivity contribution in [2.24, 2.45) is 0 Å². The Morgan fingerprint density at radius 1 is 1.44 bits per heavy atom. The summed E-state index contributed by atoms with van der Waals surface area (Å²) in [4.78, 5) is 23.6. The van der Waals surface area contributed by atoms with Crippen molar-refractivity contribution in [2.75, 3.05) is 11.4 Å². The predicted molar refractivity (Wildman–Crippen MR) is 68.9 cm³/mol. The summed E-state index contributed by atoms with van der Waals surface area (Å²) in [6.45, 7) is 2.50. The summed E-state index contributed by atoms with van der Waals surface area (Å²) in [6.07, 6.45) is 3.82. The highest BCUT2D eigenvalue weighted by atomic mass is 16.6. The van der Waals surface area contributed by atoms with Gasteiger partial charge >= 0.3 is 0 Å². The minimum absolute atomic E-state index is 0.114. The van der Waals surface area contributed by atoms with Crippen LogP contribution in [0.15, 0.2) is 18.2 Å². The van der Waals surface area contributed by atoms with Gasteiger partial charge in [-0.2, -0.15) is 0 Å². The van der Waals surface area contributed by atoms with E-state index in [4.69, 9.17) is 0 Å². The van der Waals surface area contributed by atoms with Gasteiger partial charge in [-0.25, -0.2) is 0 Å². The number of aldehydes is 1. The smallest absolute Gasteiger partial charge is 0.274 e. The van der Waals surface area contributed by atoms with E-state index in [1.54, 1.807) is 19.1 Å². The van der Waals surface area contributed by atoms with Crippen molar-refractivity contribution in [3.8, 4) is 0 Å². The van der Waals surface area contributed by atoms with Crippen LogP contribution < -0.4 is 4.90 Å². The average Bonchev–Trinajstić information content (AvgIpc) is 2.39. The summed E-state index contributed by atoms with van der Waals surface area (Å²) in [5, 5.41) is 10.9. The Labute approximate surface area is 106 Å². The summed E-state index contributed by atoms with van der Waals surface area (Å²) in [5.41, 5.74) is 1.52. The molecular weight excluding hydrogens is 232 g/mol. The lowest BCUT2D eigenvalue weighted by Crippen LogP contribution is -2.40. The standard InChI is InChI=1S/C13H16N2O3/c1-10-5-6-11(8-13(10)15(17)18)14-7-3-2-4-12(14)9-16/h5-6,8-9,12H,2-4,7H2,1H3. The molecule has 1 aromatic rings. The molecule has 0 aliphatic carbocycles. The highest BCUT2D eigenvalue weighted by Crippen LogP contribution is 2.29. The molecule has 0 saturated carbocycles. The minimum atomic E-state index is -0.376. The molecule has 1 aliphatic rings. The molecule has 0 amide bonds. The number of piperidine rings is 1. The SMILES string of the molecule is Cc1ccc(N2CCCCC2C=O)cc1[N+](=O)[O-]. The van der Waals surface area contributed by atoms with E-state index in [0.29, 0.717) is 5.56 Å². The number of hydrogen-bond donors (Lipinski definition) is 0. The van der Waals surface area contributed by atoms with Crippen molar-refractivity contribution in [1.82, 2.24) is 0 Å². The highest BCUT2D eigenvalue weighted by molar-refractivity contribution is 5.68. The first-order valence-corrected chi connectivity index (χ1v) is 6.10. The lowest BCUT2D eigenvalue weighted by atomic mass is 10.0. The molecule has 5 heteroatoms. The molecule has 1 saturated heterocycles. The van der Waals surface area contributed by atoms with E-state index in [1.807, 2.05) is 11.0 Å². The third kappa shape index (κ3) is 2.34. The molecule has 0 N–H and O–H groups in total. The van der Waals surface area contributed by atoms with Crippen LogP contribution in [0.25, 0.3) is 0 Å². The summed E-state index contributed by atoms with van der Waals surface area (Å²) >= 11 is 0. The Morgan fingerprint density at radius 2 is 2.22 bits per heavy atom. The van der Waals surface area contributed by atoms with Gasteiger partial charge in [-0.3, -0.25) is 10.1 Å². The zero-order valence-electron chi connectivity index (χ0n) is 10.3. The number of carbonyl (C=O) groups is 1. The first-order valence-electron chi connectivity index (χ1n) is 6.10. The van der Waals surface area contributed by atoms with Gasteiger partial charge in [0.1, 0.15) is 6.29 Å².